The van der Waals surface area contributed by atoms with Crippen molar-refractivity contribution in [1.82, 2.24) is 4.90 Å². The molecule has 0 aromatic heterocycles. The molecule has 13 heteroatoms. The molecule has 0 unspecified atom stereocenters. The van der Waals surface area contributed by atoms with Gasteiger partial charge in [-0.3, -0.25) is 24.5 Å². The van der Waals surface area contributed by atoms with E-state index in [4.69, 9.17) is 9.47 Å². The molecule has 0 radical (unpaired) electrons. The van der Waals surface area contributed by atoms with Crippen LogP contribution in [-0.4, -0.2) is 73.1 Å². The number of amides is 3. The summed E-state index contributed by atoms with van der Waals surface area (Å²) in [4.78, 5) is 60.2. The number of rotatable bonds is 10. The minimum Gasteiger partial charge on any atom is -0.497 e. The van der Waals surface area contributed by atoms with E-state index in [2.05, 4.69) is 25.2 Å². The van der Waals surface area contributed by atoms with Crippen molar-refractivity contribution in [3.8, 4) is 5.75 Å². The second kappa shape index (κ2) is 16.6. The van der Waals surface area contributed by atoms with Crippen molar-refractivity contribution < 1.29 is 33.9 Å². The van der Waals surface area contributed by atoms with Gasteiger partial charge in [0, 0.05) is 48.8 Å². The number of anilines is 2. The molecule has 2 fully saturated rings. The van der Waals surface area contributed by atoms with Gasteiger partial charge in [0.15, 0.2) is 5.60 Å². The fourth-order valence-corrected chi connectivity index (χ4v) is 14.5. The van der Waals surface area contributed by atoms with Gasteiger partial charge >= 0.3 is 0 Å². The van der Waals surface area contributed by atoms with Gasteiger partial charge in [-0.2, -0.15) is 0 Å². The van der Waals surface area contributed by atoms with Crippen LogP contribution in [0.25, 0.3) is 0 Å². The summed E-state index contributed by atoms with van der Waals surface area (Å²) in [6.45, 7) is 7.46. The zero-order valence-corrected chi connectivity index (χ0v) is 35.8. The van der Waals surface area contributed by atoms with Gasteiger partial charge in [-0.15, -0.1) is 0 Å². The van der Waals surface area contributed by atoms with Crippen LogP contribution in [0.15, 0.2) is 91.0 Å². The molecular formula is C47H54N4O8Si. The number of hydrogen-bond acceptors (Lipinski definition) is 8. The third-order valence-corrected chi connectivity index (χ3v) is 18.1. The lowest BCUT2D eigenvalue weighted by atomic mass is 9.82. The number of nitro groups is 1. The number of non-ortho nitro benzene ring substituents is 1. The average molecular weight is 831 g/mol. The Morgan fingerprint density at radius 3 is 2.38 bits per heavy atom. The Balaban J connectivity index is 1.17. The summed E-state index contributed by atoms with van der Waals surface area (Å²) >= 11 is 0. The highest BCUT2D eigenvalue weighted by molar-refractivity contribution is 6.91. The number of nitrogens with zero attached hydrogens (tertiary/aromatic N) is 4. The number of carbonyl (C=O) groups is 3. The number of fused-ring (bicyclic) bond motifs is 3. The zero-order valence-electron chi connectivity index (χ0n) is 34.8. The van der Waals surface area contributed by atoms with Crippen LogP contribution in [0.5, 0.6) is 5.75 Å². The van der Waals surface area contributed by atoms with Crippen molar-refractivity contribution in [2.75, 3.05) is 30.1 Å². The lowest BCUT2D eigenvalue weighted by molar-refractivity contribution is -0.385. The Labute approximate surface area is 352 Å². The zero-order chi connectivity index (χ0) is 42.3. The molecule has 4 aliphatic rings. The summed E-state index contributed by atoms with van der Waals surface area (Å²) < 4.78 is 12.7. The third kappa shape index (κ3) is 7.30. The second-order valence-corrected chi connectivity index (χ2v) is 22.1. The van der Waals surface area contributed by atoms with Crippen molar-refractivity contribution in [2.24, 2.45) is 5.92 Å². The van der Waals surface area contributed by atoms with Gasteiger partial charge < -0.3 is 29.3 Å². The molecule has 4 aromatic rings. The van der Waals surface area contributed by atoms with Crippen molar-refractivity contribution >= 4 is 48.0 Å². The van der Waals surface area contributed by atoms with Gasteiger partial charge in [0.2, 0.25) is 11.8 Å². The van der Waals surface area contributed by atoms with Crippen molar-refractivity contribution in [3.05, 3.63) is 123 Å². The standard InChI is InChI=1S/C47H54N4O8Si/c1-31-45(60(3,4)39-21-19-38(58-2)20-22-39)42(27-44(54)49-29-34-12-9-8-11-33(34)25-37(49)30-52)59-47(31)40-26-36(51(56)57)18-23-41(40)50(46(47)55)28-32-14-16-35(17-15-32)48-24-10-6-5-7-13-43(48)53/h8-9,11-12,14-23,26,31,37,42,45,52H,5-7,10,13,24-25,27-30H2,1-4H3/t31-,37-,42+,45-,47+/m0/s1. The van der Waals surface area contributed by atoms with Crippen LogP contribution in [0, 0.1) is 16.0 Å². The highest BCUT2D eigenvalue weighted by atomic mass is 28.3. The van der Waals surface area contributed by atoms with Crippen molar-refractivity contribution in [2.45, 2.75) is 101 Å². The number of carbonyl (C=O) groups excluding carboxylic acids is 3. The van der Waals surface area contributed by atoms with Crippen molar-refractivity contribution in [1.29, 1.82) is 0 Å². The lowest BCUT2D eigenvalue weighted by Crippen LogP contribution is -2.52. The fraction of sp³-hybridized carbons (Fsp3) is 0.426. The second-order valence-electron chi connectivity index (χ2n) is 17.4. The maximum Gasteiger partial charge on any atom is 0.269 e. The van der Waals surface area contributed by atoms with E-state index < -0.39 is 36.7 Å². The first-order chi connectivity index (χ1) is 28.9. The minimum absolute atomic E-state index is 0.0315. The molecule has 4 aromatic carbocycles. The Morgan fingerprint density at radius 1 is 0.967 bits per heavy atom. The maximum atomic E-state index is 15.4. The minimum atomic E-state index is -2.66. The molecule has 5 atom stereocenters. The Morgan fingerprint density at radius 2 is 1.68 bits per heavy atom. The van der Waals surface area contributed by atoms with E-state index in [0.29, 0.717) is 42.9 Å². The molecule has 0 bridgehead atoms. The first-order valence-corrected chi connectivity index (χ1v) is 24.2. The summed E-state index contributed by atoms with van der Waals surface area (Å²) in [5, 5.41) is 23.9. The van der Waals surface area contributed by atoms with Crippen LogP contribution in [0.2, 0.25) is 18.6 Å². The van der Waals surface area contributed by atoms with Gasteiger partial charge in [-0.25, -0.2) is 0 Å². The van der Waals surface area contributed by atoms with Gasteiger partial charge in [0.05, 0.1) is 57.5 Å². The molecule has 2 saturated heterocycles. The van der Waals surface area contributed by atoms with Crippen LogP contribution in [0.4, 0.5) is 17.1 Å². The molecule has 1 spiro atoms. The number of nitro benzene ring substituents is 1. The SMILES string of the molecule is COc1ccc([Si](C)(C)[C@@H]2[C@@H](CC(=O)N3Cc4ccccc4C[C@H]3CO)O[C@]3(C(=O)N(Cc4ccc(N5CCCCCCC5=O)cc4)c4ccc([N+](=O)[O-])cc43)[C@H]2C)cc1. The summed E-state index contributed by atoms with van der Waals surface area (Å²) in [5.41, 5.74) is 2.69. The molecule has 12 nitrogen and oxygen atoms in total. The number of hydrogen-bond donors (Lipinski definition) is 1. The summed E-state index contributed by atoms with van der Waals surface area (Å²) in [5.74, 6) is -0.167. The largest absolute Gasteiger partial charge is 0.497 e. The fourth-order valence-electron chi connectivity index (χ4n) is 10.5. The van der Waals surface area contributed by atoms with Crippen LogP contribution in [0.3, 0.4) is 0 Å². The van der Waals surface area contributed by atoms with Gasteiger partial charge in [0.25, 0.3) is 11.6 Å². The summed E-state index contributed by atoms with van der Waals surface area (Å²) in [6.07, 6.45) is 4.27. The van der Waals surface area contributed by atoms with Gasteiger partial charge in [0.1, 0.15) is 5.75 Å². The van der Waals surface area contributed by atoms with Gasteiger partial charge in [-0.1, -0.05) is 86.6 Å². The number of ether oxygens (including phenoxy) is 2. The van der Waals surface area contributed by atoms with E-state index in [1.165, 1.54) is 12.1 Å². The molecule has 3 amide bonds. The van der Waals surface area contributed by atoms with E-state index in [-0.39, 0.29) is 48.5 Å². The first kappa shape index (κ1) is 41.4. The molecule has 60 heavy (non-hydrogen) atoms. The highest BCUT2D eigenvalue weighted by Crippen LogP contribution is 2.60. The quantitative estimate of drug-likeness (QED) is 0.102. The van der Waals surface area contributed by atoms with E-state index in [9.17, 15) is 24.8 Å². The molecule has 1 N–H and O–H groups in total. The summed E-state index contributed by atoms with van der Waals surface area (Å²) in [6, 6.07) is 27.8. The average Bonchev–Trinajstić information content (AvgIpc) is 3.67. The monoisotopic (exact) mass is 830 g/mol. The smallest absolute Gasteiger partial charge is 0.269 e. The van der Waals surface area contributed by atoms with E-state index in [0.717, 1.165) is 53.2 Å². The van der Waals surface area contributed by atoms with Crippen molar-refractivity contribution in [3.63, 3.8) is 0 Å². The number of methoxy groups -OCH3 is 1. The number of aliphatic hydroxyl groups excluding tert-OH is 1. The highest BCUT2D eigenvalue weighted by Gasteiger charge is 2.67. The molecule has 0 saturated carbocycles. The Kier molecular flexibility index (Phi) is 11.4. The van der Waals surface area contributed by atoms with Crippen LogP contribution < -0.4 is 19.7 Å². The normalized spacial score (nSPS) is 24.2. The lowest BCUT2D eigenvalue weighted by Gasteiger charge is -2.39. The van der Waals surface area contributed by atoms with Gasteiger partial charge in [-0.05, 0) is 71.8 Å². The maximum absolute atomic E-state index is 15.4. The number of aliphatic hydroxyl groups is 1. The number of benzene rings is 4. The molecular weight excluding hydrogens is 777 g/mol. The molecule has 4 heterocycles. The van der Waals surface area contributed by atoms with E-state index >= 15 is 4.79 Å². The van der Waals surface area contributed by atoms with E-state index in [1.54, 1.807) is 23.0 Å². The predicted octanol–water partition coefficient (Wildman–Crippen LogP) is 7.00. The van der Waals surface area contributed by atoms with Crippen LogP contribution in [0.1, 0.15) is 67.7 Å². The molecule has 8 rings (SSSR count). The molecule has 314 valence electrons. The summed E-state index contributed by atoms with van der Waals surface area (Å²) in [7, 11) is -1.04. The topological polar surface area (TPSA) is 143 Å². The Hall–Kier alpha value is -5.37. The predicted molar refractivity (Wildman–Crippen MR) is 232 cm³/mol. The van der Waals surface area contributed by atoms with E-state index in [1.807, 2.05) is 72.5 Å². The molecule has 4 aliphatic heterocycles. The van der Waals surface area contributed by atoms with Crippen LogP contribution in [-0.2, 0) is 44.2 Å². The molecule has 0 aliphatic carbocycles. The Bertz CT molecular complexity index is 2280. The van der Waals surface area contributed by atoms with Crippen LogP contribution >= 0.6 is 0 Å². The first-order valence-electron chi connectivity index (χ1n) is 21.2. The third-order valence-electron chi connectivity index (χ3n) is 13.7.